The second kappa shape index (κ2) is 6.48. The van der Waals surface area contributed by atoms with Crippen molar-refractivity contribution < 1.29 is 19.8 Å². The van der Waals surface area contributed by atoms with Crippen LogP contribution in [0.15, 0.2) is 46.3 Å². The third-order valence-corrected chi connectivity index (χ3v) is 10.9. The highest BCUT2D eigenvalue weighted by Crippen LogP contribution is 2.74. The van der Waals surface area contributed by atoms with E-state index in [1.54, 1.807) is 6.08 Å². The van der Waals surface area contributed by atoms with Crippen LogP contribution >= 0.6 is 0 Å². The minimum atomic E-state index is -0.638. The molecule has 0 amide bonds. The van der Waals surface area contributed by atoms with Crippen molar-refractivity contribution in [3.8, 4) is 0 Å². The summed E-state index contributed by atoms with van der Waals surface area (Å²) in [5.74, 6) is -0.916. The number of hydrogen-bond acceptors (Lipinski definition) is 3. The Hall–Kier alpha value is -2.10. The van der Waals surface area contributed by atoms with Gasteiger partial charge in [0, 0.05) is 11.0 Å². The smallest absolute Gasteiger partial charge is 0.306 e. The van der Waals surface area contributed by atoms with Gasteiger partial charge in [0.1, 0.15) is 0 Å². The average Bonchev–Trinajstić information content (AvgIpc) is 2.74. The van der Waals surface area contributed by atoms with Gasteiger partial charge in [-0.15, -0.1) is 0 Å². The predicted molar refractivity (Wildman–Crippen MR) is 124 cm³/mol. The first-order valence-corrected chi connectivity index (χ1v) is 12.2. The van der Waals surface area contributed by atoms with Crippen LogP contribution in [0.5, 0.6) is 0 Å². The van der Waals surface area contributed by atoms with Crippen molar-refractivity contribution in [3.63, 3.8) is 0 Å². The molecule has 0 spiro atoms. The molecule has 5 aliphatic carbocycles. The van der Waals surface area contributed by atoms with E-state index < -0.39 is 5.97 Å². The van der Waals surface area contributed by atoms with E-state index in [9.17, 15) is 19.8 Å². The Balaban J connectivity index is 1.63. The summed E-state index contributed by atoms with van der Waals surface area (Å²) in [6.07, 6.45) is 12.8. The van der Waals surface area contributed by atoms with E-state index in [-0.39, 0.29) is 39.1 Å². The fourth-order valence-electron chi connectivity index (χ4n) is 8.55. The van der Waals surface area contributed by atoms with E-state index in [4.69, 9.17) is 0 Å². The zero-order chi connectivity index (χ0) is 23.3. The maximum absolute atomic E-state index is 12.5. The minimum Gasteiger partial charge on any atom is -0.504 e. The molecule has 0 aromatic heterocycles. The molecule has 0 aromatic carbocycles. The molecule has 0 saturated heterocycles. The molecule has 5 rings (SSSR count). The van der Waals surface area contributed by atoms with E-state index in [1.165, 1.54) is 5.57 Å². The van der Waals surface area contributed by atoms with Crippen molar-refractivity contribution in [3.05, 3.63) is 46.3 Å². The van der Waals surface area contributed by atoms with Gasteiger partial charge in [0.05, 0.1) is 5.92 Å². The largest absolute Gasteiger partial charge is 0.504 e. The number of allylic oxidation sites excluding steroid dienone is 7. The third-order valence-electron chi connectivity index (χ3n) is 10.9. The first kappa shape index (κ1) is 21.7. The number of carbonyl (C=O) groups is 2. The second-order valence-corrected chi connectivity index (χ2v) is 12.2. The quantitative estimate of drug-likeness (QED) is 0.505. The topological polar surface area (TPSA) is 74.6 Å². The normalized spacial score (nSPS) is 45.5. The number of rotatable bonds is 1. The second-order valence-electron chi connectivity index (χ2n) is 12.2. The molecule has 172 valence electrons. The van der Waals surface area contributed by atoms with Crippen molar-refractivity contribution >= 4 is 11.8 Å². The number of carboxylic acids is 1. The lowest BCUT2D eigenvalue weighted by molar-refractivity contribution is -0.164. The van der Waals surface area contributed by atoms with Crippen LogP contribution in [-0.4, -0.2) is 22.0 Å². The Bertz CT molecular complexity index is 1060. The Labute approximate surface area is 191 Å². The highest BCUT2D eigenvalue weighted by molar-refractivity contribution is 6.06. The monoisotopic (exact) mass is 436 g/mol. The number of hydrogen-bond donors (Lipinski definition) is 2. The molecule has 0 unspecified atom stereocenters. The molecule has 0 aliphatic heterocycles. The van der Waals surface area contributed by atoms with Gasteiger partial charge in [0.2, 0.25) is 5.78 Å². The van der Waals surface area contributed by atoms with Crippen LogP contribution in [-0.2, 0) is 9.59 Å². The van der Waals surface area contributed by atoms with Crippen molar-refractivity contribution in [2.45, 2.75) is 79.6 Å². The fraction of sp³-hybridized carbons (Fsp3) is 0.643. The van der Waals surface area contributed by atoms with E-state index >= 15 is 0 Å². The van der Waals surface area contributed by atoms with Gasteiger partial charge in [-0.2, -0.15) is 0 Å². The molecule has 0 radical (unpaired) electrons. The van der Waals surface area contributed by atoms with Crippen LogP contribution in [0.1, 0.15) is 79.6 Å². The van der Waals surface area contributed by atoms with Crippen molar-refractivity contribution in [1.82, 2.24) is 0 Å². The molecule has 32 heavy (non-hydrogen) atoms. The molecule has 3 fully saturated rings. The SMILES string of the molecule is CC1=C(O)C(=O)C=C2C1=CC=C1[C@@]2(C)CC[C@@]2(C)[C@@H]3C[C@H](C(=O)O)CC[C@]3(C)CC[C@]12C. The number of aliphatic hydroxyl groups is 1. The summed E-state index contributed by atoms with van der Waals surface area (Å²) in [6, 6.07) is 0. The summed E-state index contributed by atoms with van der Waals surface area (Å²) in [7, 11) is 0. The van der Waals surface area contributed by atoms with Crippen LogP contribution in [0.2, 0.25) is 0 Å². The Morgan fingerprint density at radius 2 is 1.75 bits per heavy atom. The van der Waals surface area contributed by atoms with Gasteiger partial charge in [0.25, 0.3) is 0 Å². The summed E-state index contributed by atoms with van der Waals surface area (Å²) in [5, 5.41) is 20.1. The first-order chi connectivity index (χ1) is 14.9. The van der Waals surface area contributed by atoms with Gasteiger partial charge < -0.3 is 10.2 Å². The van der Waals surface area contributed by atoms with Gasteiger partial charge in [-0.05, 0) is 91.3 Å². The molecule has 0 bridgehead atoms. The molecular formula is C28H36O4. The average molecular weight is 437 g/mol. The Kier molecular flexibility index (Phi) is 4.40. The van der Waals surface area contributed by atoms with Crippen LogP contribution < -0.4 is 0 Å². The lowest BCUT2D eigenvalue weighted by Gasteiger charge is -2.69. The molecule has 5 aliphatic rings. The summed E-state index contributed by atoms with van der Waals surface area (Å²) >= 11 is 0. The summed E-state index contributed by atoms with van der Waals surface area (Å²) in [4.78, 5) is 24.5. The molecule has 6 atom stereocenters. The summed E-state index contributed by atoms with van der Waals surface area (Å²) < 4.78 is 0. The van der Waals surface area contributed by atoms with Crippen LogP contribution in [0.25, 0.3) is 0 Å². The van der Waals surface area contributed by atoms with Crippen LogP contribution in [0.4, 0.5) is 0 Å². The lowest BCUT2D eigenvalue weighted by atomic mass is 9.35. The Morgan fingerprint density at radius 3 is 2.44 bits per heavy atom. The van der Waals surface area contributed by atoms with Gasteiger partial charge in [-0.1, -0.05) is 45.4 Å². The first-order valence-electron chi connectivity index (χ1n) is 12.2. The minimum absolute atomic E-state index is 0.0249. The molecule has 2 N–H and O–H groups in total. The summed E-state index contributed by atoms with van der Waals surface area (Å²) in [6.45, 7) is 11.4. The van der Waals surface area contributed by atoms with Crippen LogP contribution in [0, 0.1) is 33.5 Å². The number of fused-ring (bicyclic) bond motifs is 7. The number of aliphatic hydroxyl groups excluding tert-OH is 1. The summed E-state index contributed by atoms with van der Waals surface area (Å²) in [5.41, 5.74) is 4.07. The van der Waals surface area contributed by atoms with E-state index in [0.29, 0.717) is 11.5 Å². The molecule has 3 saturated carbocycles. The standard InChI is InChI=1S/C28H36O4/c1-16-18-6-7-21-26(3,19(18)15-20(29)23(16)30)11-13-28(5)22-14-17(24(31)32)8-9-25(22,2)10-12-27(21,28)4/h6-7,15,17,22,30H,8-14H2,1-5H3,(H,31,32)/t17-,22-,25-,26+,27-,28+/m1/s1. The molecule has 0 aromatic rings. The van der Waals surface area contributed by atoms with Gasteiger partial charge in [-0.3, -0.25) is 9.59 Å². The van der Waals surface area contributed by atoms with E-state index in [0.717, 1.165) is 56.1 Å². The highest BCUT2D eigenvalue weighted by Gasteiger charge is 2.66. The van der Waals surface area contributed by atoms with E-state index in [2.05, 4.69) is 39.8 Å². The van der Waals surface area contributed by atoms with Crippen molar-refractivity contribution in [2.75, 3.05) is 0 Å². The zero-order valence-corrected chi connectivity index (χ0v) is 20.0. The third kappa shape index (κ3) is 2.50. The fourth-order valence-corrected chi connectivity index (χ4v) is 8.55. The van der Waals surface area contributed by atoms with Crippen LogP contribution in [0.3, 0.4) is 0 Å². The van der Waals surface area contributed by atoms with Gasteiger partial charge >= 0.3 is 5.97 Å². The maximum atomic E-state index is 12.5. The predicted octanol–water partition coefficient (Wildman–Crippen LogP) is 6.31. The molecule has 4 nitrogen and oxygen atoms in total. The molecule has 0 heterocycles. The zero-order valence-electron chi connectivity index (χ0n) is 20.0. The Morgan fingerprint density at radius 1 is 1.03 bits per heavy atom. The van der Waals surface area contributed by atoms with E-state index in [1.807, 2.05) is 6.92 Å². The number of aliphatic carboxylic acids is 1. The van der Waals surface area contributed by atoms with Gasteiger partial charge in [-0.25, -0.2) is 0 Å². The molecule has 4 heteroatoms. The number of carbonyl (C=O) groups excluding carboxylic acids is 1. The highest BCUT2D eigenvalue weighted by atomic mass is 16.4. The van der Waals surface area contributed by atoms with Gasteiger partial charge in [0.15, 0.2) is 5.76 Å². The number of carboxylic acid groups (broad SMARTS) is 1. The lowest BCUT2D eigenvalue weighted by Crippen LogP contribution is -2.61. The van der Waals surface area contributed by atoms with Crippen molar-refractivity contribution in [2.24, 2.45) is 33.5 Å². The number of ketones is 1. The van der Waals surface area contributed by atoms with Crippen molar-refractivity contribution in [1.29, 1.82) is 0 Å². The molecular weight excluding hydrogens is 400 g/mol. The maximum Gasteiger partial charge on any atom is 0.306 e.